The van der Waals surface area contributed by atoms with Crippen LogP contribution >= 0.6 is 11.3 Å². The Kier molecular flexibility index (Phi) is 10.9. The number of thiophene rings is 1. The summed E-state index contributed by atoms with van der Waals surface area (Å²) >= 11 is 1.03. The molecule has 2 aliphatic heterocycles. The minimum absolute atomic E-state index is 0.0101. The quantitative estimate of drug-likeness (QED) is 0.106. The van der Waals surface area contributed by atoms with Gasteiger partial charge in [-0.1, -0.05) is 305 Å². The van der Waals surface area contributed by atoms with Crippen LogP contribution in [-0.2, 0) is 16.2 Å². The summed E-state index contributed by atoms with van der Waals surface area (Å²) in [5.41, 5.74) is 7.16. The van der Waals surface area contributed by atoms with Crippen molar-refractivity contribution in [3.63, 3.8) is 0 Å². The van der Waals surface area contributed by atoms with Crippen LogP contribution in [0.1, 0.15) is 108 Å². The maximum absolute atomic E-state index is 12.1. The Balaban J connectivity index is 0.964. The van der Waals surface area contributed by atoms with Crippen molar-refractivity contribution in [2.24, 2.45) is 0 Å². The molecular formula is C108H83BN4S. The molecule has 0 radical (unpaired) electrons. The van der Waals surface area contributed by atoms with Crippen LogP contribution in [0.5, 0.6) is 0 Å². The van der Waals surface area contributed by atoms with Crippen molar-refractivity contribution in [3.05, 3.63) is 356 Å². The lowest BCUT2D eigenvalue weighted by Gasteiger charge is -2.46. The first-order valence-electron chi connectivity index (χ1n) is 49.0. The smallest absolute Gasteiger partial charge is 0.264 e. The van der Waals surface area contributed by atoms with E-state index >= 15 is 0 Å². The van der Waals surface area contributed by atoms with Gasteiger partial charge in [-0.3, -0.25) is 0 Å². The topological polar surface area (TPSA) is 16.3 Å². The molecule has 0 saturated heterocycles. The first-order valence-corrected chi connectivity index (χ1v) is 39.4. The lowest BCUT2D eigenvalue weighted by atomic mass is 9.36. The molecule has 0 saturated carbocycles. The molecule has 0 bridgehead atoms. The minimum atomic E-state index is -1.38. The predicted molar refractivity (Wildman–Crippen MR) is 492 cm³/mol. The summed E-state index contributed by atoms with van der Waals surface area (Å²) in [6.07, 6.45) is 0. The molecule has 5 heterocycles. The first-order chi connectivity index (χ1) is 64.2. The number of nitrogens with zero attached hydrogens (tertiary/aromatic N) is 4. The van der Waals surface area contributed by atoms with Gasteiger partial charge >= 0.3 is 0 Å². The van der Waals surface area contributed by atoms with Crippen LogP contribution in [-0.4, -0.2) is 15.8 Å². The molecule has 0 amide bonds. The molecule has 6 heteroatoms. The van der Waals surface area contributed by atoms with Crippen LogP contribution < -0.4 is 25.5 Å². The van der Waals surface area contributed by atoms with Gasteiger partial charge in [-0.2, -0.15) is 0 Å². The number of hydrogen-bond acceptors (Lipinski definition) is 3. The van der Waals surface area contributed by atoms with E-state index < -0.39 is 155 Å². The van der Waals surface area contributed by atoms with Crippen LogP contribution in [0.15, 0.2) is 339 Å². The summed E-state index contributed by atoms with van der Waals surface area (Å²) in [7, 11) is 0. The fraction of sp³-hybridized carbons (Fsp3) is 0.111. The van der Waals surface area contributed by atoms with Gasteiger partial charge in [0.1, 0.15) is 0 Å². The Hall–Kier alpha value is -13.0. The molecule has 2 aliphatic rings. The largest absolute Gasteiger partial charge is 0.310 e. The average molecular weight is 1500 g/mol. The number of anilines is 6. The van der Waals surface area contributed by atoms with Gasteiger partial charge in [0.25, 0.3) is 6.71 Å². The first kappa shape index (κ1) is 49.4. The third-order valence-electron chi connectivity index (χ3n) is 23.2. The summed E-state index contributed by atoms with van der Waals surface area (Å²) < 4.78 is 218. The highest BCUT2D eigenvalue weighted by atomic mass is 32.1. The zero-order chi connectivity index (χ0) is 95.1. The van der Waals surface area contributed by atoms with Crippen molar-refractivity contribution in [1.29, 1.82) is 0 Å². The predicted octanol–water partition coefficient (Wildman–Crippen LogP) is 28.3. The van der Waals surface area contributed by atoms with E-state index in [1.165, 1.54) is 4.57 Å². The highest BCUT2D eigenvalue weighted by Gasteiger charge is 2.48. The van der Waals surface area contributed by atoms with E-state index in [-0.39, 0.29) is 82.1 Å². The third kappa shape index (κ3) is 10.4. The Bertz CT molecular complexity index is 8480. The second kappa shape index (κ2) is 25.3. The molecule has 17 aromatic carbocycles. The molecule has 0 aliphatic carbocycles. The molecule has 22 rings (SSSR count). The van der Waals surface area contributed by atoms with E-state index in [1.54, 1.807) is 6.07 Å². The monoisotopic (exact) mass is 1500 g/mol. The maximum atomic E-state index is 12.1. The zero-order valence-corrected chi connectivity index (χ0v) is 64.8. The standard InChI is InChI=1S/C108H83BN4S/c1-106(2,3)74-58-85(66-29-14-10-15-30-66)102(86(59-74)67-31-16-11-17-32-67)112-95-64-77(110-93-44-27-24-41-82(93)89-57-73(49-56-94(89)110)79-52-47-72-46-45-70-37-28-38-71-48-53-83(79)100(72)99(70)71)51-55-90(95)109-101-96(112)62-76(108(7,8)9)63-97(101)113(103-87(68-33-18-12-19-34-68)60-75(107(4,5)6)61-88(103)69-35-20-13-21-36-69)104-84-54-50-78(65-98(84)114-105(104)109)111-91-42-25-22-39-80(91)81-40-23-26-43-92(81)111/h10-65H,1-9H3/i22D,23D,24D,25D,26D,27D,39D,40D,41D,42D,43D,44D,49D,50D,51D,54D,55D,56D,57D,64D,65D. The molecule has 0 N–H and O–H groups in total. The second-order valence-electron chi connectivity index (χ2n) is 33.1. The van der Waals surface area contributed by atoms with Crippen molar-refractivity contribution in [2.45, 2.75) is 78.6 Å². The summed E-state index contributed by atoms with van der Waals surface area (Å²) in [5, 5.41) is 4.24. The van der Waals surface area contributed by atoms with Crippen molar-refractivity contribution in [2.75, 3.05) is 9.80 Å². The number of hydrogen-bond donors (Lipinski definition) is 0. The van der Waals surface area contributed by atoms with Gasteiger partial charge in [-0.05, 0) is 206 Å². The summed E-state index contributed by atoms with van der Waals surface area (Å²) in [6, 6.07) is 57.0. The number of fused-ring (bicyclic) bond motifs is 12. The normalized spacial score (nSPS) is 15.7. The highest BCUT2D eigenvalue weighted by Crippen LogP contribution is 2.58. The minimum Gasteiger partial charge on any atom is -0.310 e. The number of rotatable bonds is 9. The van der Waals surface area contributed by atoms with Gasteiger partial charge in [-0.25, -0.2) is 0 Å². The lowest BCUT2D eigenvalue weighted by molar-refractivity contribution is 0.590. The number of aromatic nitrogens is 2. The molecule has 114 heavy (non-hydrogen) atoms. The molecule has 0 spiro atoms. The molecule has 4 nitrogen and oxygen atoms in total. The van der Waals surface area contributed by atoms with E-state index in [1.807, 2.05) is 175 Å². The van der Waals surface area contributed by atoms with Gasteiger partial charge in [0, 0.05) is 87.1 Å². The third-order valence-corrected chi connectivity index (χ3v) is 24.4. The van der Waals surface area contributed by atoms with E-state index in [4.69, 9.17) is 2.74 Å². The van der Waals surface area contributed by atoms with Crippen molar-refractivity contribution >= 4 is 154 Å². The van der Waals surface area contributed by atoms with Crippen LogP contribution in [0, 0.1) is 0 Å². The fourth-order valence-corrected chi connectivity index (χ4v) is 18.9. The average Bonchev–Trinajstić information content (AvgIpc) is 1.60. The van der Waals surface area contributed by atoms with E-state index in [0.717, 1.165) is 76.2 Å². The Morgan fingerprint density at radius 3 is 1.25 bits per heavy atom. The van der Waals surface area contributed by atoms with Gasteiger partial charge in [-0.15, -0.1) is 11.3 Å². The van der Waals surface area contributed by atoms with Gasteiger partial charge in [0.2, 0.25) is 0 Å². The summed E-state index contributed by atoms with van der Waals surface area (Å²) in [5.74, 6) is 0. The summed E-state index contributed by atoms with van der Waals surface area (Å²) in [4.78, 5) is 4.13. The Morgan fingerprint density at radius 2 is 0.737 bits per heavy atom. The van der Waals surface area contributed by atoms with Crippen LogP contribution in [0.3, 0.4) is 0 Å². The van der Waals surface area contributed by atoms with E-state index in [9.17, 15) is 26.0 Å². The van der Waals surface area contributed by atoms with E-state index in [0.29, 0.717) is 71.8 Å². The van der Waals surface area contributed by atoms with E-state index in [2.05, 4.69) is 104 Å². The molecule has 20 aromatic rings. The van der Waals surface area contributed by atoms with Crippen molar-refractivity contribution in [3.8, 4) is 67.0 Å². The molecular weight excluding hydrogens is 1400 g/mol. The molecule has 0 unspecified atom stereocenters. The second-order valence-corrected chi connectivity index (χ2v) is 34.2. The SMILES string of the molecule is [2H]c1c([2H])c(-n2c3c([2H])c([2H])c([2H])c([2H])c3c3c([2H])c(-c4ccc5ccc6cccc7ccc4c5c67)c([2H])c([2H])c32)c([2H])c2c1B1c3sc4c([2H])c(-n5c6c([2H])c([2H])c([2H])c([2H])c6c6c([2H])c([2H])c([2H])c([2H])c65)c([2H])c([2H])c4c3N(c3c(-c4ccccc4)cc(C(C)(C)C)cc3-c3ccccc3)c3cc(C(C)(C)C)cc(c31)N2c1c(-c2ccccc2)cc(C(C)(C)C)cc1-c1ccccc1. The van der Waals surface area contributed by atoms with Crippen LogP contribution in [0.2, 0.25) is 0 Å². The van der Waals surface area contributed by atoms with Crippen LogP contribution in [0.4, 0.5) is 34.1 Å². The number of para-hydroxylation sites is 3. The molecule has 544 valence electrons. The zero-order valence-electron chi connectivity index (χ0n) is 85.0. The van der Waals surface area contributed by atoms with Gasteiger partial charge in [0.05, 0.1) is 67.9 Å². The van der Waals surface area contributed by atoms with Crippen molar-refractivity contribution < 1.29 is 28.8 Å². The molecule has 0 fully saturated rings. The molecule has 3 aromatic heterocycles. The maximum Gasteiger partial charge on any atom is 0.264 e. The summed E-state index contributed by atoms with van der Waals surface area (Å²) in [6.45, 7) is 17.7. The van der Waals surface area contributed by atoms with Gasteiger partial charge < -0.3 is 18.9 Å². The van der Waals surface area contributed by atoms with Gasteiger partial charge in [0.15, 0.2) is 0 Å². The van der Waals surface area contributed by atoms with Crippen molar-refractivity contribution in [1.82, 2.24) is 9.13 Å². The number of benzene rings is 17. The molecule has 0 atom stereocenters. The Labute approximate surface area is 699 Å². The fourth-order valence-electron chi connectivity index (χ4n) is 17.6. The lowest BCUT2D eigenvalue weighted by Crippen LogP contribution is -2.60. The Morgan fingerprint density at radius 1 is 0.307 bits per heavy atom. The highest BCUT2D eigenvalue weighted by molar-refractivity contribution is 7.33. The van der Waals surface area contributed by atoms with Crippen LogP contribution in [0.25, 0.3) is 153 Å².